The van der Waals surface area contributed by atoms with Crippen LogP contribution in [0.25, 0.3) is 10.9 Å². The number of benzene rings is 2. The van der Waals surface area contributed by atoms with E-state index < -0.39 is 0 Å². The van der Waals surface area contributed by atoms with Gasteiger partial charge in [0.1, 0.15) is 23.3 Å². The predicted octanol–water partition coefficient (Wildman–Crippen LogP) is 5.01. The van der Waals surface area contributed by atoms with Crippen LogP contribution in [0.1, 0.15) is 5.56 Å². The van der Waals surface area contributed by atoms with E-state index in [0.717, 1.165) is 0 Å². The van der Waals surface area contributed by atoms with E-state index >= 15 is 0 Å². The van der Waals surface area contributed by atoms with Gasteiger partial charge < -0.3 is 14.8 Å². The van der Waals surface area contributed by atoms with Crippen molar-refractivity contribution in [2.45, 2.75) is 0 Å². The van der Waals surface area contributed by atoms with Gasteiger partial charge in [0.2, 0.25) is 0 Å². The van der Waals surface area contributed by atoms with Crippen molar-refractivity contribution in [2.24, 2.45) is 0 Å². The lowest BCUT2D eigenvalue weighted by Crippen LogP contribution is -2.19. The number of aromatic nitrogens is 2. The Balaban J connectivity index is 1.51. The third-order valence-corrected chi connectivity index (χ3v) is 4.82. The maximum atomic E-state index is 12.0. The van der Waals surface area contributed by atoms with Gasteiger partial charge >= 0.3 is 6.03 Å². The molecule has 0 saturated carbocycles. The lowest BCUT2D eigenvalue weighted by atomic mass is 10.1. The molecular formula is C21H15N5O3S. The number of nitrogens with one attached hydrogen (secondary N) is 2. The number of nitrogens with zero attached hydrogens (tertiary/aromatic N) is 3. The summed E-state index contributed by atoms with van der Waals surface area (Å²) in [6, 6.07) is 13.8. The number of amides is 2. The SMILES string of the molecule is COc1cc2nccc(Oc3ccc(NC(=O)Nc4nccs4)cc3)c2cc1C#N. The highest BCUT2D eigenvalue weighted by molar-refractivity contribution is 7.13. The van der Waals surface area contributed by atoms with Crippen LogP contribution in [0, 0.1) is 11.3 Å². The van der Waals surface area contributed by atoms with Crippen LogP contribution in [0.4, 0.5) is 15.6 Å². The molecule has 8 nitrogen and oxygen atoms in total. The largest absolute Gasteiger partial charge is 0.495 e. The number of thiazole rings is 1. The fourth-order valence-electron chi connectivity index (χ4n) is 2.77. The summed E-state index contributed by atoms with van der Waals surface area (Å²) in [4.78, 5) is 20.3. The summed E-state index contributed by atoms with van der Waals surface area (Å²) in [6.07, 6.45) is 3.24. The van der Waals surface area contributed by atoms with Crippen molar-refractivity contribution in [3.63, 3.8) is 0 Å². The number of anilines is 2. The number of hydrogen-bond donors (Lipinski definition) is 2. The molecule has 4 aromatic rings. The highest BCUT2D eigenvalue weighted by Gasteiger charge is 2.11. The molecule has 148 valence electrons. The zero-order valence-corrected chi connectivity index (χ0v) is 16.6. The molecule has 4 rings (SSSR count). The zero-order chi connectivity index (χ0) is 20.9. The Kier molecular flexibility index (Phi) is 5.41. The second kappa shape index (κ2) is 8.46. The van der Waals surface area contributed by atoms with Crippen molar-refractivity contribution in [2.75, 3.05) is 17.7 Å². The predicted molar refractivity (Wildman–Crippen MR) is 114 cm³/mol. The molecule has 2 aromatic heterocycles. The second-order valence-electron chi connectivity index (χ2n) is 6.03. The van der Waals surface area contributed by atoms with Crippen LogP contribution >= 0.6 is 11.3 Å². The standard InChI is InChI=1S/C21H15N5O3S/c1-28-19-11-17-16(10-13(19)12-22)18(6-7-23-17)29-15-4-2-14(3-5-15)25-20(27)26-21-24-8-9-30-21/h2-11H,1H3,(H2,24,25,26,27). The molecule has 0 aliphatic heterocycles. The Hall–Kier alpha value is -4.16. The molecule has 0 unspecified atom stereocenters. The zero-order valence-electron chi connectivity index (χ0n) is 15.7. The molecule has 9 heteroatoms. The van der Waals surface area contributed by atoms with Crippen molar-refractivity contribution in [1.82, 2.24) is 9.97 Å². The van der Waals surface area contributed by atoms with Crippen molar-refractivity contribution in [3.8, 4) is 23.3 Å². The van der Waals surface area contributed by atoms with Crippen LogP contribution in [-0.2, 0) is 0 Å². The van der Waals surface area contributed by atoms with Crippen LogP contribution in [-0.4, -0.2) is 23.1 Å². The van der Waals surface area contributed by atoms with Gasteiger partial charge in [0.05, 0.1) is 18.2 Å². The lowest BCUT2D eigenvalue weighted by molar-refractivity contribution is 0.262. The van der Waals surface area contributed by atoms with E-state index in [4.69, 9.17) is 9.47 Å². The Morgan fingerprint density at radius 2 is 1.90 bits per heavy atom. The first-order valence-corrected chi connectivity index (χ1v) is 9.66. The molecule has 2 amide bonds. The third kappa shape index (κ3) is 4.14. The first-order valence-electron chi connectivity index (χ1n) is 8.78. The summed E-state index contributed by atoms with van der Waals surface area (Å²) in [5, 5.41) is 17.7. The molecule has 0 aliphatic carbocycles. The fraction of sp³-hybridized carbons (Fsp3) is 0.0476. The minimum absolute atomic E-state index is 0.378. The monoisotopic (exact) mass is 417 g/mol. The van der Waals surface area contributed by atoms with Crippen LogP contribution in [0.3, 0.4) is 0 Å². The smallest absolute Gasteiger partial charge is 0.325 e. The molecule has 0 radical (unpaired) electrons. The molecule has 2 aromatic carbocycles. The molecular weight excluding hydrogens is 402 g/mol. The molecule has 0 spiro atoms. The number of pyridine rings is 1. The molecule has 0 fully saturated rings. The van der Waals surface area contributed by atoms with E-state index in [1.807, 2.05) is 0 Å². The van der Waals surface area contributed by atoms with Crippen molar-refractivity contribution >= 4 is 39.1 Å². The molecule has 0 atom stereocenters. The van der Waals surface area contributed by atoms with E-state index in [1.54, 1.807) is 60.2 Å². The first-order chi connectivity index (χ1) is 14.7. The van der Waals surface area contributed by atoms with E-state index in [1.165, 1.54) is 18.4 Å². The van der Waals surface area contributed by atoms with Crippen LogP contribution in [0.15, 0.2) is 60.2 Å². The summed E-state index contributed by atoms with van der Waals surface area (Å²) < 4.78 is 11.2. The Labute approximate surface area is 175 Å². The van der Waals surface area contributed by atoms with E-state index in [-0.39, 0.29) is 6.03 Å². The molecule has 30 heavy (non-hydrogen) atoms. The van der Waals surface area contributed by atoms with Gasteiger partial charge in [-0.3, -0.25) is 10.3 Å². The maximum absolute atomic E-state index is 12.0. The summed E-state index contributed by atoms with van der Waals surface area (Å²) >= 11 is 1.34. The summed E-state index contributed by atoms with van der Waals surface area (Å²) in [5.74, 6) is 1.59. The molecule has 0 aliphatic rings. The van der Waals surface area contributed by atoms with Gasteiger partial charge in [0.25, 0.3) is 0 Å². The van der Waals surface area contributed by atoms with Gasteiger partial charge in [-0.05, 0) is 36.4 Å². The Morgan fingerprint density at radius 3 is 2.60 bits per heavy atom. The number of fused-ring (bicyclic) bond motifs is 1. The number of rotatable bonds is 5. The first kappa shape index (κ1) is 19.2. The summed E-state index contributed by atoms with van der Waals surface area (Å²) in [5.41, 5.74) is 1.65. The molecule has 0 saturated heterocycles. The normalized spacial score (nSPS) is 10.3. The molecule has 2 heterocycles. The number of urea groups is 1. The number of carbonyl (C=O) groups is 1. The van der Waals surface area contributed by atoms with Gasteiger partial charge in [0, 0.05) is 34.9 Å². The second-order valence-corrected chi connectivity index (χ2v) is 6.93. The van der Waals surface area contributed by atoms with Gasteiger partial charge in [-0.2, -0.15) is 5.26 Å². The summed E-state index contributed by atoms with van der Waals surface area (Å²) in [7, 11) is 1.51. The fourth-order valence-corrected chi connectivity index (χ4v) is 3.30. The number of ether oxygens (including phenoxy) is 2. The Morgan fingerprint density at radius 1 is 1.07 bits per heavy atom. The average Bonchev–Trinajstić information content (AvgIpc) is 3.27. The number of methoxy groups -OCH3 is 1. The van der Waals surface area contributed by atoms with Crippen molar-refractivity contribution in [3.05, 3.63) is 65.8 Å². The van der Waals surface area contributed by atoms with Crippen LogP contribution < -0.4 is 20.1 Å². The van der Waals surface area contributed by atoms with E-state index in [9.17, 15) is 10.1 Å². The highest BCUT2D eigenvalue weighted by Crippen LogP contribution is 2.33. The number of carbonyl (C=O) groups excluding carboxylic acids is 1. The maximum Gasteiger partial charge on any atom is 0.325 e. The topological polar surface area (TPSA) is 109 Å². The third-order valence-electron chi connectivity index (χ3n) is 4.14. The van der Waals surface area contributed by atoms with Gasteiger partial charge in [-0.25, -0.2) is 9.78 Å². The quantitative estimate of drug-likeness (QED) is 0.472. The average molecular weight is 417 g/mol. The highest BCUT2D eigenvalue weighted by atomic mass is 32.1. The van der Waals surface area contributed by atoms with Crippen LogP contribution in [0.5, 0.6) is 17.2 Å². The Bertz CT molecular complexity index is 1230. The number of nitriles is 1. The minimum atomic E-state index is -0.378. The lowest BCUT2D eigenvalue weighted by Gasteiger charge is -2.11. The van der Waals surface area contributed by atoms with Crippen molar-refractivity contribution < 1.29 is 14.3 Å². The number of hydrogen-bond acceptors (Lipinski definition) is 7. The van der Waals surface area contributed by atoms with E-state index in [2.05, 4.69) is 26.7 Å². The minimum Gasteiger partial charge on any atom is -0.495 e. The van der Waals surface area contributed by atoms with Gasteiger partial charge in [0.15, 0.2) is 5.13 Å². The van der Waals surface area contributed by atoms with Crippen molar-refractivity contribution in [1.29, 1.82) is 5.26 Å². The van der Waals surface area contributed by atoms with E-state index in [0.29, 0.717) is 44.5 Å². The molecule has 0 bridgehead atoms. The van der Waals surface area contributed by atoms with Gasteiger partial charge in [-0.15, -0.1) is 11.3 Å². The molecule has 2 N–H and O–H groups in total. The summed E-state index contributed by atoms with van der Waals surface area (Å²) in [6.45, 7) is 0. The van der Waals surface area contributed by atoms with Gasteiger partial charge in [-0.1, -0.05) is 0 Å². The van der Waals surface area contributed by atoms with Crippen LogP contribution in [0.2, 0.25) is 0 Å².